The predicted octanol–water partition coefficient (Wildman–Crippen LogP) is 2.37. The lowest BCUT2D eigenvalue weighted by Crippen LogP contribution is -2.05. The molecule has 0 atom stereocenters. The molecule has 21 heavy (non-hydrogen) atoms. The van der Waals surface area contributed by atoms with Crippen LogP contribution >= 0.6 is 0 Å². The molecule has 0 fully saturated rings. The molecule has 0 aliphatic heterocycles. The van der Waals surface area contributed by atoms with Gasteiger partial charge < -0.3 is 10.1 Å². The highest BCUT2D eigenvalue weighted by Crippen LogP contribution is 2.21. The Balaban J connectivity index is 2.10. The Morgan fingerprint density at radius 3 is 3.00 bits per heavy atom. The summed E-state index contributed by atoms with van der Waals surface area (Å²) in [6, 6.07) is 7.87. The van der Waals surface area contributed by atoms with Gasteiger partial charge in [0.15, 0.2) is 5.82 Å². The summed E-state index contributed by atoms with van der Waals surface area (Å²) in [6.07, 6.45) is 3.70. The zero-order valence-corrected chi connectivity index (χ0v) is 12.1. The van der Waals surface area contributed by atoms with Crippen LogP contribution in [0.5, 0.6) is 0 Å². The summed E-state index contributed by atoms with van der Waals surface area (Å²) < 4.78 is 7.42. The van der Waals surface area contributed by atoms with Crippen LogP contribution in [-0.4, -0.2) is 33.0 Å². The van der Waals surface area contributed by atoms with E-state index in [9.17, 15) is 0 Å². The summed E-state index contributed by atoms with van der Waals surface area (Å²) in [5, 5.41) is 3.06. The Morgan fingerprint density at radius 2 is 2.19 bits per heavy atom. The molecular weight excluding hydrogens is 266 g/mol. The van der Waals surface area contributed by atoms with Crippen molar-refractivity contribution in [3.8, 4) is 11.4 Å². The lowest BCUT2D eigenvalue weighted by Gasteiger charge is -2.09. The maximum atomic E-state index is 5.41. The summed E-state index contributed by atoms with van der Waals surface area (Å²) in [6.45, 7) is 2.99. The van der Waals surface area contributed by atoms with Crippen LogP contribution in [0.25, 0.3) is 17.0 Å². The van der Waals surface area contributed by atoms with Gasteiger partial charge in [0.1, 0.15) is 18.1 Å². The van der Waals surface area contributed by atoms with Crippen molar-refractivity contribution < 1.29 is 4.74 Å². The van der Waals surface area contributed by atoms with E-state index in [1.165, 1.54) is 0 Å². The molecule has 0 aliphatic rings. The van der Waals surface area contributed by atoms with E-state index in [1.54, 1.807) is 6.20 Å². The van der Waals surface area contributed by atoms with Crippen molar-refractivity contribution in [2.75, 3.05) is 19.0 Å². The summed E-state index contributed by atoms with van der Waals surface area (Å²) >= 11 is 0. The highest BCUT2D eigenvalue weighted by molar-refractivity contribution is 5.62. The predicted molar refractivity (Wildman–Crippen MR) is 81.1 cm³/mol. The second-order valence-corrected chi connectivity index (χ2v) is 4.51. The molecule has 3 aromatic heterocycles. The number of imidazole rings is 1. The van der Waals surface area contributed by atoms with E-state index in [2.05, 4.69) is 20.3 Å². The second-order valence-electron chi connectivity index (χ2n) is 4.51. The van der Waals surface area contributed by atoms with Crippen molar-refractivity contribution in [3.63, 3.8) is 0 Å². The van der Waals surface area contributed by atoms with Crippen molar-refractivity contribution >= 4 is 11.5 Å². The fourth-order valence-electron chi connectivity index (χ4n) is 2.17. The number of fused-ring (bicyclic) bond motifs is 1. The molecular formula is C15H17N5O. The minimum absolute atomic E-state index is 0.402. The number of ether oxygens (including phenoxy) is 1. The van der Waals surface area contributed by atoms with Gasteiger partial charge >= 0.3 is 0 Å². The fourth-order valence-corrected chi connectivity index (χ4v) is 2.17. The lowest BCUT2D eigenvalue weighted by molar-refractivity contribution is 0.128. The van der Waals surface area contributed by atoms with E-state index in [-0.39, 0.29) is 0 Å². The van der Waals surface area contributed by atoms with Gasteiger partial charge in [-0.1, -0.05) is 6.07 Å². The highest BCUT2D eigenvalue weighted by Gasteiger charge is 2.09. The van der Waals surface area contributed by atoms with Crippen molar-refractivity contribution in [1.29, 1.82) is 0 Å². The number of anilines is 1. The van der Waals surface area contributed by atoms with Gasteiger partial charge in [0.05, 0.1) is 11.4 Å². The molecule has 6 heteroatoms. The van der Waals surface area contributed by atoms with E-state index in [1.807, 2.05) is 48.8 Å². The number of rotatable bonds is 5. The smallest absolute Gasteiger partial charge is 0.157 e. The molecule has 3 heterocycles. The minimum atomic E-state index is 0.402. The summed E-state index contributed by atoms with van der Waals surface area (Å²) in [7, 11) is 1.84. The molecule has 0 unspecified atom stereocenters. The molecule has 0 aliphatic carbocycles. The first-order valence-corrected chi connectivity index (χ1v) is 6.87. The number of aromatic nitrogens is 4. The van der Waals surface area contributed by atoms with E-state index in [0.717, 1.165) is 22.9 Å². The Hall–Kier alpha value is -2.47. The average Bonchev–Trinajstić information content (AvgIpc) is 3.01. The third-order valence-electron chi connectivity index (χ3n) is 3.15. The maximum absolute atomic E-state index is 5.41. The first kappa shape index (κ1) is 13.5. The molecule has 108 valence electrons. The molecule has 1 N–H and O–H groups in total. The average molecular weight is 283 g/mol. The number of hydrogen-bond acceptors (Lipinski definition) is 5. The van der Waals surface area contributed by atoms with Gasteiger partial charge in [0, 0.05) is 32.1 Å². The van der Waals surface area contributed by atoms with Crippen LogP contribution in [0.4, 0.5) is 5.82 Å². The Labute approximate surface area is 122 Å². The van der Waals surface area contributed by atoms with Crippen molar-refractivity contribution in [2.24, 2.45) is 0 Å². The van der Waals surface area contributed by atoms with Gasteiger partial charge in [-0.15, -0.1) is 0 Å². The standard InChI is InChI=1S/C15H17N5O/c1-3-21-10-14-18-11(9-13(16-2)19-14)12-5-4-6-15-17-7-8-20(12)15/h4-9H,3,10H2,1-2H3,(H,16,18,19). The lowest BCUT2D eigenvalue weighted by atomic mass is 10.2. The Kier molecular flexibility index (Phi) is 3.79. The molecule has 6 nitrogen and oxygen atoms in total. The fraction of sp³-hybridized carbons (Fsp3) is 0.267. The number of hydrogen-bond donors (Lipinski definition) is 1. The van der Waals surface area contributed by atoms with Crippen molar-refractivity contribution in [2.45, 2.75) is 13.5 Å². The van der Waals surface area contributed by atoms with Crippen LogP contribution in [-0.2, 0) is 11.3 Å². The molecule has 0 amide bonds. The van der Waals surface area contributed by atoms with Crippen LogP contribution in [0.3, 0.4) is 0 Å². The van der Waals surface area contributed by atoms with Crippen molar-refractivity contribution in [1.82, 2.24) is 19.4 Å². The highest BCUT2D eigenvalue weighted by atomic mass is 16.5. The molecule has 0 bridgehead atoms. The zero-order chi connectivity index (χ0) is 14.7. The monoisotopic (exact) mass is 283 g/mol. The van der Waals surface area contributed by atoms with Gasteiger partial charge in [-0.3, -0.25) is 4.40 Å². The molecule has 3 rings (SSSR count). The topological polar surface area (TPSA) is 64.3 Å². The van der Waals surface area contributed by atoms with E-state index < -0.39 is 0 Å². The largest absolute Gasteiger partial charge is 0.374 e. The van der Waals surface area contributed by atoms with E-state index in [0.29, 0.717) is 19.0 Å². The summed E-state index contributed by atoms with van der Waals surface area (Å²) in [5.74, 6) is 1.43. The summed E-state index contributed by atoms with van der Waals surface area (Å²) in [5.41, 5.74) is 2.71. The van der Waals surface area contributed by atoms with E-state index >= 15 is 0 Å². The van der Waals surface area contributed by atoms with Crippen LogP contribution in [0.2, 0.25) is 0 Å². The third-order valence-corrected chi connectivity index (χ3v) is 3.15. The Bertz CT molecular complexity index is 753. The van der Waals surface area contributed by atoms with Gasteiger partial charge in [-0.05, 0) is 19.1 Å². The van der Waals surface area contributed by atoms with Crippen molar-refractivity contribution in [3.05, 3.63) is 42.5 Å². The number of nitrogens with one attached hydrogen (secondary N) is 1. The first-order valence-electron chi connectivity index (χ1n) is 6.87. The Morgan fingerprint density at radius 1 is 1.29 bits per heavy atom. The van der Waals surface area contributed by atoms with Crippen LogP contribution in [0.15, 0.2) is 36.7 Å². The normalized spacial score (nSPS) is 11.0. The molecule has 0 aromatic carbocycles. The van der Waals surface area contributed by atoms with Crippen LogP contribution < -0.4 is 5.32 Å². The van der Waals surface area contributed by atoms with Gasteiger partial charge in [-0.25, -0.2) is 15.0 Å². The number of pyridine rings is 1. The minimum Gasteiger partial charge on any atom is -0.374 e. The van der Waals surface area contributed by atoms with Gasteiger partial charge in [0.2, 0.25) is 0 Å². The molecule has 3 aromatic rings. The number of nitrogens with zero attached hydrogens (tertiary/aromatic N) is 4. The second kappa shape index (κ2) is 5.88. The van der Waals surface area contributed by atoms with Crippen LogP contribution in [0.1, 0.15) is 12.7 Å². The zero-order valence-electron chi connectivity index (χ0n) is 12.1. The molecule has 0 saturated carbocycles. The van der Waals surface area contributed by atoms with Gasteiger partial charge in [0.25, 0.3) is 0 Å². The molecule has 0 radical (unpaired) electrons. The summed E-state index contributed by atoms with van der Waals surface area (Å²) in [4.78, 5) is 13.3. The molecule has 0 saturated heterocycles. The maximum Gasteiger partial charge on any atom is 0.157 e. The van der Waals surface area contributed by atoms with Gasteiger partial charge in [-0.2, -0.15) is 0 Å². The van der Waals surface area contributed by atoms with E-state index in [4.69, 9.17) is 4.74 Å². The SMILES string of the molecule is CCOCc1nc(NC)cc(-c2cccc3nccn23)n1. The quantitative estimate of drug-likeness (QED) is 0.778. The molecule has 0 spiro atoms. The third kappa shape index (κ3) is 2.71. The van der Waals surface area contributed by atoms with Crippen LogP contribution in [0, 0.1) is 0 Å². The first-order chi connectivity index (χ1) is 10.3.